The van der Waals surface area contributed by atoms with Gasteiger partial charge in [0.1, 0.15) is 0 Å². The third-order valence-corrected chi connectivity index (χ3v) is 2.71. The zero-order valence-corrected chi connectivity index (χ0v) is 9.99. The van der Waals surface area contributed by atoms with Crippen molar-refractivity contribution in [1.29, 1.82) is 0 Å². The first-order valence-corrected chi connectivity index (χ1v) is 5.34. The second-order valence-corrected chi connectivity index (χ2v) is 4.13. The van der Waals surface area contributed by atoms with Crippen LogP contribution in [-0.4, -0.2) is 61.1 Å². The molecule has 0 spiro atoms. The number of hydrogen-bond donors (Lipinski definition) is 0. The smallest absolute Gasteiger partial charge is 0.378 e. The van der Waals surface area contributed by atoms with Gasteiger partial charge in [0.05, 0.1) is 13.2 Å². The highest BCUT2D eigenvalue weighted by atomic mass is 19.4. The monoisotopic (exact) mass is 333 g/mol. The Morgan fingerprint density at radius 2 is 1.24 bits per heavy atom. The van der Waals surface area contributed by atoms with Crippen molar-refractivity contribution in [2.24, 2.45) is 0 Å². The molecule has 21 heavy (non-hydrogen) atoms. The quantitative estimate of drug-likeness (QED) is 0.742. The lowest BCUT2D eigenvalue weighted by atomic mass is 10.0. The highest BCUT2D eigenvalue weighted by Gasteiger charge is 2.84. The summed E-state index contributed by atoms with van der Waals surface area (Å²) in [6.45, 7) is -1.91. The fourth-order valence-corrected chi connectivity index (χ4v) is 1.47. The molecular formula is C9H8F9NO2. The minimum Gasteiger partial charge on any atom is -0.378 e. The van der Waals surface area contributed by atoms with Gasteiger partial charge in [0.2, 0.25) is 0 Å². The van der Waals surface area contributed by atoms with E-state index in [9.17, 15) is 44.3 Å². The second kappa shape index (κ2) is 5.21. The lowest BCUT2D eigenvalue weighted by Gasteiger charge is -2.36. The van der Waals surface area contributed by atoms with E-state index in [1.807, 2.05) is 0 Å². The van der Waals surface area contributed by atoms with Crippen LogP contribution >= 0.6 is 0 Å². The molecule has 12 heteroatoms. The van der Waals surface area contributed by atoms with E-state index in [4.69, 9.17) is 0 Å². The number of alkyl halides is 9. The third kappa shape index (κ3) is 2.77. The van der Waals surface area contributed by atoms with E-state index in [-0.39, 0.29) is 18.1 Å². The molecule has 0 aromatic rings. The fourth-order valence-electron chi connectivity index (χ4n) is 1.47. The maximum atomic E-state index is 13.2. The molecule has 1 saturated heterocycles. The van der Waals surface area contributed by atoms with Crippen molar-refractivity contribution >= 4 is 5.91 Å². The molecule has 1 aliphatic rings. The van der Waals surface area contributed by atoms with Crippen LogP contribution in [0.3, 0.4) is 0 Å². The summed E-state index contributed by atoms with van der Waals surface area (Å²) in [4.78, 5) is 11.2. The number of ether oxygens (including phenoxy) is 1. The van der Waals surface area contributed by atoms with E-state index < -0.39 is 42.9 Å². The average Bonchev–Trinajstić information content (AvgIpc) is 2.37. The summed E-state index contributed by atoms with van der Waals surface area (Å²) in [7, 11) is 0. The fraction of sp³-hybridized carbons (Fsp3) is 0.889. The number of nitrogens with zero attached hydrogens (tertiary/aromatic N) is 1. The van der Waals surface area contributed by atoms with Gasteiger partial charge in [0.25, 0.3) is 5.91 Å². The molecule has 0 saturated carbocycles. The maximum absolute atomic E-state index is 13.2. The summed E-state index contributed by atoms with van der Waals surface area (Å²) < 4.78 is 118. The minimum absolute atomic E-state index is 0.0455. The molecule has 0 unspecified atom stereocenters. The first kappa shape index (κ1) is 17.9. The molecule has 0 N–H and O–H groups in total. The molecule has 124 valence electrons. The van der Waals surface area contributed by atoms with Crippen molar-refractivity contribution < 1.29 is 49.0 Å². The largest absolute Gasteiger partial charge is 0.460 e. The highest BCUT2D eigenvalue weighted by molar-refractivity contribution is 5.85. The van der Waals surface area contributed by atoms with Crippen LogP contribution in [0.2, 0.25) is 0 Å². The summed E-state index contributed by atoms with van der Waals surface area (Å²) in [6.07, 6.45) is -6.94. The molecule has 3 nitrogen and oxygen atoms in total. The van der Waals surface area contributed by atoms with Gasteiger partial charge in [0.15, 0.2) is 0 Å². The van der Waals surface area contributed by atoms with Crippen LogP contribution in [0.5, 0.6) is 0 Å². The highest BCUT2D eigenvalue weighted by Crippen LogP contribution is 2.53. The number of carbonyl (C=O) groups is 1. The van der Waals surface area contributed by atoms with E-state index in [1.165, 1.54) is 0 Å². The van der Waals surface area contributed by atoms with Gasteiger partial charge < -0.3 is 9.64 Å². The number of hydrogen-bond acceptors (Lipinski definition) is 2. The molecule has 0 bridgehead atoms. The van der Waals surface area contributed by atoms with Crippen molar-refractivity contribution in [3.8, 4) is 0 Å². The van der Waals surface area contributed by atoms with Crippen LogP contribution < -0.4 is 0 Å². The Balaban J connectivity index is 3.11. The molecule has 0 aliphatic carbocycles. The van der Waals surface area contributed by atoms with E-state index >= 15 is 0 Å². The van der Waals surface area contributed by atoms with Crippen molar-refractivity contribution in [2.75, 3.05) is 26.3 Å². The van der Waals surface area contributed by atoms with Crippen molar-refractivity contribution in [3.63, 3.8) is 0 Å². The molecule has 1 fully saturated rings. The standard InChI is InChI=1S/C9H8F9NO2/c10-6(11,5(20)19-1-3-21-4-2-19)7(12,13)8(14,15)9(16,17)18/h1-4H2. The molecule has 0 aromatic heterocycles. The van der Waals surface area contributed by atoms with Crippen LogP contribution in [0.4, 0.5) is 39.5 Å². The Kier molecular flexibility index (Phi) is 4.43. The van der Waals surface area contributed by atoms with E-state index in [2.05, 4.69) is 4.74 Å². The predicted octanol–water partition coefficient (Wildman–Crippen LogP) is 2.31. The van der Waals surface area contributed by atoms with Crippen LogP contribution in [0.15, 0.2) is 0 Å². The molecule has 0 aromatic carbocycles. The summed E-state index contributed by atoms with van der Waals surface area (Å²) >= 11 is 0. The molecule has 1 heterocycles. The zero-order chi connectivity index (χ0) is 16.7. The first-order valence-electron chi connectivity index (χ1n) is 5.34. The Bertz CT molecular complexity index is 401. The SMILES string of the molecule is O=C(N1CCOCC1)C(F)(F)C(F)(F)C(F)(F)C(F)(F)F. The summed E-state index contributed by atoms with van der Waals surface area (Å²) in [5.41, 5.74) is 0. The Hall–Kier alpha value is -1.20. The van der Waals surface area contributed by atoms with Crippen LogP contribution in [-0.2, 0) is 9.53 Å². The average molecular weight is 333 g/mol. The Labute approximate surface area is 111 Å². The van der Waals surface area contributed by atoms with Crippen molar-refractivity contribution in [3.05, 3.63) is 0 Å². The molecule has 1 amide bonds. The predicted molar refractivity (Wildman–Crippen MR) is 48.3 cm³/mol. The Morgan fingerprint density at radius 3 is 1.62 bits per heavy atom. The van der Waals surface area contributed by atoms with E-state index in [1.54, 1.807) is 0 Å². The van der Waals surface area contributed by atoms with Crippen molar-refractivity contribution in [2.45, 2.75) is 23.9 Å². The second-order valence-electron chi connectivity index (χ2n) is 4.13. The molecule has 0 radical (unpaired) electrons. The van der Waals surface area contributed by atoms with Gasteiger partial charge >= 0.3 is 23.9 Å². The van der Waals surface area contributed by atoms with Gasteiger partial charge in [0, 0.05) is 13.1 Å². The van der Waals surface area contributed by atoms with E-state index in [0.29, 0.717) is 0 Å². The van der Waals surface area contributed by atoms with Crippen LogP contribution in [0.1, 0.15) is 0 Å². The molecule has 1 aliphatic heterocycles. The molecule has 0 atom stereocenters. The normalized spacial score (nSPS) is 18.8. The van der Waals surface area contributed by atoms with Gasteiger partial charge in [-0.25, -0.2) is 0 Å². The number of halogens is 9. The van der Waals surface area contributed by atoms with Gasteiger partial charge in [-0.15, -0.1) is 0 Å². The summed E-state index contributed by atoms with van der Waals surface area (Å²) in [6, 6.07) is 0. The lowest BCUT2D eigenvalue weighted by Crippen LogP contribution is -2.66. The third-order valence-electron chi connectivity index (χ3n) is 2.71. The minimum atomic E-state index is -7.06. The topological polar surface area (TPSA) is 29.5 Å². The first-order chi connectivity index (χ1) is 9.27. The molecular weight excluding hydrogens is 325 g/mol. The van der Waals surface area contributed by atoms with E-state index in [0.717, 1.165) is 0 Å². The Morgan fingerprint density at radius 1 is 0.810 bits per heavy atom. The lowest BCUT2D eigenvalue weighted by molar-refractivity contribution is -0.389. The van der Waals surface area contributed by atoms with Gasteiger partial charge in [-0.1, -0.05) is 0 Å². The maximum Gasteiger partial charge on any atom is 0.460 e. The van der Waals surface area contributed by atoms with Crippen molar-refractivity contribution in [1.82, 2.24) is 4.90 Å². The number of amides is 1. The van der Waals surface area contributed by atoms with Gasteiger partial charge in [-0.3, -0.25) is 4.79 Å². The van der Waals surface area contributed by atoms with Gasteiger partial charge in [-0.2, -0.15) is 39.5 Å². The summed E-state index contributed by atoms with van der Waals surface area (Å²) in [5.74, 6) is -23.0. The number of rotatable bonds is 3. The zero-order valence-electron chi connectivity index (χ0n) is 9.99. The van der Waals surface area contributed by atoms with Gasteiger partial charge in [-0.05, 0) is 0 Å². The summed E-state index contributed by atoms with van der Waals surface area (Å²) in [5, 5.41) is 0. The van der Waals surface area contributed by atoms with Crippen LogP contribution in [0, 0.1) is 0 Å². The van der Waals surface area contributed by atoms with Crippen LogP contribution in [0.25, 0.3) is 0 Å². The molecule has 1 rings (SSSR count). The number of morpholine rings is 1. The number of carbonyl (C=O) groups excluding carboxylic acids is 1.